The maximum Gasteiger partial charge on any atom is 0.426 e. The van der Waals surface area contributed by atoms with Crippen LogP contribution in [0.3, 0.4) is 0 Å². The van der Waals surface area contributed by atoms with Gasteiger partial charge in [0.1, 0.15) is 29.3 Å². The Morgan fingerprint density at radius 1 is 1.23 bits per heavy atom. The summed E-state index contributed by atoms with van der Waals surface area (Å²) in [5.41, 5.74) is -2.46. The molecule has 0 aliphatic heterocycles. The van der Waals surface area contributed by atoms with Gasteiger partial charge in [0.15, 0.2) is 17.5 Å². The predicted octanol–water partition coefficient (Wildman–Crippen LogP) is 4.10. The van der Waals surface area contributed by atoms with Crippen molar-refractivity contribution in [2.75, 3.05) is 6.54 Å². The minimum absolute atomic E-state index is 0.0278. The van der Waals surface area contributed by atoms with Gasteiger partial charge in [-0.15, -0.1) is 0 Å². The minimum atomic E-state index is -5.17. The average molecular weight is 563 g/mol. The highest BCUT2D eigenvalue weighted by Gasteiger charge is 2.57. The summed E-state index contributed by atoms with van der Waals surface area (Å²) in [5, 5.41) is 21.0. The zero-order valence-corrected chi connectivity index (χ0v) is 21.2. The van der Waals surface area contributed by atoms with Crippen LogP contribution in [0.5, 0.6) is 0 Å². The van der Waals surface area contributed by atoms with Gasteiger partial charge in [0, 0.05) is 31.1 Å². The first-order chi connectivity index (χ1) is 18.9. The molecule has 1 atom stereocenters. The molecule has 10 nitrogen and oxygen atoms in total. The van der Waals surface area contributed by atoms with E-state index in [-0.39, 0.29) is 18.1 Å². The smallest absolute Gasteiger partial charge is 0.373 e. The lowest BCUT2D eigenvalue weighted by Gasteiger charge is -2.30. The molecule has 0 amide bonds. The topological polar surface area (TPSA) is 119 Å². The van der Waals surface area contributed by atoms with Crippen molar-refractivity contribution in [3.8, 4) is 11.4 Å². The molecule has 3 aromatic heterocycles. The van der Waals surface area contributed by atoms with Crippen LogP contribution in [0.15, 0.2) is 81.2 Å². The summed E-state index contributed by atoms with van der Waals surface area (Å²) < 4.78 is 77.8. The van der Waals surface area contributed by atoms with Crippen LogP contribution in [0.25, 0.3) is 11.4 Å². The van der Waals surface area contributed by atoms with E-state index in [4.69, 9.17) is 4.52 Å². The number of benzene rings is 1. The normalized spacial score (nSPS) is 14.6. The number of hydrogen-bond donors (Lipinski definition) is 2. The number of aliphatic hydroxyl groups is 1. The van der Waals surface area contributed by atoms with E-state index >= 15 is 0 Å². The largest absolute Gasteiger partial charge is 0.426 e. The lowest BCUT2D eigenvalue weighted by atomic mass is 10.0. The first-order valence-electron chi connectivity index (χ1n) is 11.6. The molecule has 40 heavy (non-hydrogen) atoms. The lowest BCUT2D eigenvalue weighted by molar-refractivity contribution is -0.267. The van der Waals surface area contributed by atoms with Crippen molar-refractivity contribution < 1.29 is 31.6 Å². The van der Waals surface area contributed by atoms with Crippen molar-refractivity contribution in [3.63, 3.8) is 0 Å². The number of imidazole rings is 1. The first kappa shape index (κ1) is 28.4. The monoisotopic (exact) mass is 562 g/mol. The standard InChI is InChI=1S/C25H23F5N8O2/c1-15(26)21(33-14-24(39,25(28,29)30)23-32-9-10-37(23)3)34-22(31-2)19-12-20(18-8-11-40-36-18)38(35-19)13-16-6-4-5-7-17(16)27/h4-12,33,39H,2,13-14H2,1,3H3/b21-15+,34-22?. The van der Waals surface area contributed by atoms with Crippen molar-refractivity contribution in [3.05, 3.63) is 89.6 Å². The van der Waals surface area contributed by atoms with Gasteiger partial charge in [0.2, 0.25) is 5.60 Å². The fourth-order valence-electron chi connectivity index (χ4n) is 3.79. The van der Waals surface area contributed by atoms with E-state index in [1.165, 1.54) is 48.5 Å². The molecule has 4 rings (SSSR count). The molecule has 1 aromatic carbocycles. The maximum absolute atomic E-state index is 14.5. The van der Waals surface area contributed by atoms with Crippen LogP contribution in [0.2, 0.25) is 0 Å². The lowest BCUT2D eigenvalue weighted by Crippen LogP contribution is -2.51. The third-order valence-corrected chi connectivity index (χ3v) is 5.85. The number of amidine groups is 1. The Labute approximate surface area is 224 Å². The summed E-state index contributed by atoms with van der Waals surface area (Å²) in [7, 11) is 1.28. The van der Waals surface area contributed by atoms with Gasteiger partial charge in [-0.25, -0.2) is 23.7 Å². The zero-order chi connectivity index (χ0) is 29.1. The van der Waals surface area contributed by atoms with E-state index in [1.54, 1.807) is 12.1 Å². The van der Waals surface area contributed by atoms with Crippen LogP contribution in [0.1, 0.15) is 24.0 Å². The minimum Gasteiger partial charge on any atom is -0.373 e. The number of allylic oxidation sites excluding steroid dienone is 1. The molecule has 0 spiro atoms. The summed E-state index contributed by atoms with van der Waals surface area (Å²) in [4.78, 5) is 11.4. The molecule has 0 saturated heterocycles. The van der Waals surface area contributed by atoms with Crippen molar-refractivity contribution in [2.45, 2.75) is 25.2 Å². The molecule has 0 bridgehead atoms. The summed E-state index contributed by atoms with van der Waals surface area (Å²) in [6.45, 7) is 3.10. The highest BCUT2D eigenvalue weighted by atomic mass is 19.4. The quantitative estimate of drug-likeness (QED) is 0.180. The van der Waals surface area contributed by atoms with E-state index in [9.17, 15) is 27.1 Å². The van der Waals surface area contributed by atoms with Crippen molar-refractivity contribution in [2.24, 2.45) is 17.0 Å². The van der Waals surface area contributed by atoms with Gasteiger partial charge in [-0.1, -0.05) is 23.4 Å². The Bertz CT molecular complexity index is 1550. The van der Waals surface area contributed by atoms with Gasteiger partial charge in [-0.3, -0.25) is 4.68 Å². The fourth-order valence-corrected chi connectivity index (χ4v) is 3.79. The molecular weight excluding hydrogens is 539 g/mol. The van der Waals surface area contributed by atoms with Gasteiger partial charge in [-0.2, -0.15) is 18.3 Å². The highest BCUT2D eigenvalue weighted by Crippen LogP contribution is 2.37. The number of alkyl halides is 3. The Morgan fingerprint density at radius 2 is 1.98 bits per heavy atom. The highest BCUT2D eigenvalue weighted by molar-refractivity contribution is 6.01. The Balaban J connectivity index is 1.70. The van der Waals surface area contributed by atoms with Crippen LogP contribution in [-0.2, 0) is 19.2 Å². The third-order valence-electron chi connectivity index (χ3n) is 5.85. The van der Waals surface area contributed by atoms with E-state index in [1.807, 2.05) is 0 Å². The van der Waals surface area contributed by atoms with E-state index in [0.717, 1.165) is 17.7 Å². The second-order valence-electron chi connectivity index (χ2n) is 8.60. The number of nitrogens with one attached hydrogen (secondary N) is 1. The number of nitrogens with zero attached hydrogens (tertiary/aromatic N) is 7. The van der Waals surface area contributed by atoms with Gasteiger partial charge in [-0.05, 0) is 25.8 Å². The molecule has 0 fully saturated rings. The zero-order valence-electron chi connectivity index (χ0n) is 21.2. The van der Waals surface area contributed by atoms with Crippen LogP contribution >= 0.6 is 0 Å². The second-order valence-corrected chi connectivity index (χ2v) is 8.60. The Kier molecular flexibility index (Phi) is 7.95. The average Bonchev–Trinajstić information content (AvgIpc) is 3.66. The number of rotatable bonds is 9. The van der Waals surface area contributed by atoms with E-state index < -0.39 is 41.6 Å². The SMILES string of the molecule is C=NC(=N/C(NCC(O)(c1nccn1C)C(F)(F)F)=C(\C)F)c1cc(-c2ccon2)n(Cc2ccccc2F)n1. The molecule has 0 saturated carbocycles. The van der Waals surface area contributed by atoms with Crippen molar-refractivity contribution in [1.82, 2.24) is 29.8 Å². The van der Waals surface area contributed by atoms with Gasteiger partial charge < -0.3 is 19.5 Å². The Hall–Kier alpha value is -4.66. The number of hydrogen-bond acceptors (Lipinski definition) is 7. The fraction of sp³-hybridized carbons (Fsp3) is 0.240. The number of aromatic nitrogens is 5. The van der Waals surface area contributed by atoms with Gasteiger partial charge in [0.25, 0.3) is 0 Å². The van der Waals surface area contributed by atoms with Crippen LogP contribution < -0.4 is 5.32 Å². The summed E-state index contributed by atoms with van der Waals surface area (Å²) in [6, 6.07) is 9.02. The summed E-state index contributed by atoms with van der Waals surface area (Å²) >= 11 is 0. The van der Waals surface area contributed by atoms with E-state index in [0.29, 0.717) is 17.0 Å². The van der Waals surface area contributed by atoms with Crippen LogP contribution in [-0.4, -0.2) is 54.9 Å². The molecular formula is C25H23F5N8O2. The van der Waals surface area contributed by atoms with Crippen LogP contribution in [0.4, 0.5) is 22.0 Å². The number of aryl methyl sites for hydroxylation is 1. The first-order valence-corrected chi connectivity index (χ1v) is 11.6. The molecule has 0 radical (unpaired) electrons. The molecule has 15 heteroatoms. The summed E-state index contributed by atoms with van der Waals surface area (Å²) in [5.74, 6) is -3.13. The molecule has 210 valence electrons. The summed E-state index contributed by atoms with van der Waals surface area (Å²) in [6.07, 6.45) is -1.54. The molecule has 0 aliphatic carbocycles. The number of halogens is 5. The predicted molar refractivity (Wildman–Crippen MR) is 134 cm³/mol. The van der Waals surface area contributed by atoms with Gasteiger partial charge >= 0.3 is 6.18 Å². The Morgan fingerprint density at radius 3 is 2.55 bits per heavy atom. The van der Waals surface area contributed by atoms with E-state index in [2.05, 4.69) is 37.3 Å². The maximum atomic E-state index is 14.5. The molecule has 4 aromatic rings. The van der Waals surface area contributed by atoms with Crippen molar-refractivity contribution in [1.29, 1.82) is 0 Å². The van der Waals surface area contributed by atoms with Gasteiger partial charge in [0.05, 0.1) is 18.8 Å². The third kappa shape index (κ3) is 5.68. The molecule has 0 aliphatic rings. The van der Waals surface area contributed by atoms with Crippen LogP contribution in [0, 0.1) is 5.82 Å². The second kappa shape index (κ2) is 11.2. The molecule has 2 N–H and O–H groups in total. The number of aliphatic imine (C=N–C) groups is 2. The van der Waals surface area contributed by atoms with Crippen molar-refractivity contribution >= 4 is 12.6 Å². The molecule has 1 unspecified atom stereocenters. The molecule has 3 heterocycles.